The Morgan fingerprint density at radius 3 is 3.19 bits per heavy atom. The minimum absolute atomic E-state index is 0.0575. The second kappa shape index (κ2) is 6.85. The molecule has 0 bridgehead atoms. The smallest absolute Gasteiger partial charge is 0.138 e. The Labute approximate surface area is 131 Å². The zero-order valence-corrected chi connectivity index (χ0v) is 13.2. The summed E-state index contributed by atoms with van der Waals surface area (Å²) in [6.45, 7) is 3.20. The van der Waals surface area contributed by atoms with Gasteiger partial charge in [0.1, 0.15) is 28.2 Å². The van der Waals surface area contributed by atoms with Crippen molar-refractivity contribution in [1.29, 1.82) is 0 Å². The van der Waals surface area contributed by atoms with Crippen LogP contribution < -0.4 is 0 Å². The summed E-state index contributed by atoms with van der Waals surface area (Å²) in [5.41, 5.74) is 0.803. The van der Waals surface area contributed by atoms with Crippen LogP contribution in [-0.4, -0.2) is 41.4 Å². The Morgan fingerprint density at radius 2 is 2.43 bits per heavy atom. The average molecular weight is 330 g/mol. The third kappa shape index (κ3) is 3.44. The van der Waals surface area contributed by atoms with Crippen molar-refractivity contribution >= 4 is 23.1 Å². The summed E-state index contributed by atoms with van der Waals surface area (Å²) in [5.74, 6) is 1.69. The van der Waals surface area contributed by atoms with Crippen LogP contribution in [0.3, 0.4) is 0 Å². The van der Waals surface area contributed by atoms with Gasteiger partial charge in [0.15, 0.2) is 0 Å². The van der Waals surface area contributed by atoms with Crippen molar-refractivity contribution < 1.29 is 13.9 Å². The third-order valence-corrected chi connectivity index (χ3v) is 4.38. The zero-order chi connectivity index (χ0) is 14.7. The molecule has 0 amide bonds. The monoisotopic (exact) mass is 329 g/mol. The van der Waals surface area contributed by atoms with E-state index in [0.717, 1.165) is 23.8 Å². The van der Waals surface area contributed by atoms with Gasteiger partial charge in [-0.05, 0) is 12.1 Å². The lowest BCUT2D eigenvalue weighted by atomic mass is 10.1. The highest BCUT2D eigenvalue weighted by Crippen LogP contribution is 2.29. The number of methoxy groups -OCH3 is 1. The number of furan rings is 1. The lowest BCUT2D eigenvalue weighted by molar-refractivity contribution is -0.0216. The number of morpholine rings is 1. The third-order valence-electron chi connectivity index (χ3n) is 3.40. The summed E-state index contributed by atoms with van der Waals surface area (Å²) in [6, 6.07) is 3.96. The van der Waals surface area contributed by atoms with Gasteiger partial charge < -0.3 is 13.9 Å². The molecule has 1 saturated heterocycles. The van der Waals surface area contributed by atoms with Gasteiger partial charge in [-0.3, -0.25) is 4.90 Å². The van der Waals surface area contributed by atoms with Crippen molar-refractivity contribution in [3.63, 3.8) is 0 Å². The maximum Gasteiger partial charge on any atom is 0.138 e. The fourth-order valence-corrected chi connectivity index (χ4v) is 2.98. The molecule has 1 fully saturated rings. The molecule has 1 unspecified atom stereocenters. The zero-order valence-electron chi connectivity index (χ0n) is 11.6. The van der Waals surface area contributed by atoms with Crippen LogP contribution in [0.25, 0.3) is 0 Å². The summed E-state index contributed by atoms with van der Waals surface area (Å²) in [5, 5.41) is 4.08. The molecule has 3 rings (SSSR count). The van der Waals surface area contributed by atoms with Crippen LogP contribution in [0.5, 0.6) is 0 Å². The molecule has 1 aliphatic rings. The number of ether oxygens (including phenoxy) is 2. The SMILES string of the molecule is COCc1ccc(C2COCCN2Cc2nnsc2Cl)o1. The lowest BCUT2D eigenvalue weighted by Gasteiger charge is -2.33. The van der Waals surface area contributed by atoms with Gasteiger partial charge in [-0.15, -0.1) is 5.10 Å². The van der Waals surface area contributed by atoms with Crippen LogP contribution in [0.15, 0.2) is 16.5 Å². The predicted octanol–water partition coefficient (Wildman–Crippen LogP) is 2.50. The first kappa shape index (κ1) is 14.9. The van der Waals surface area contributed by atoms with Crippen molar-refractivity contribution in [1.82, 2.24) is 14.5 Å². The van der Waals surface area contributed by atoms with E-state index >= 15 is 0 Å². The van der Waals surface area contributed by atoms with Gasteiger partial charge in [0.2, 0.25) is 0 Å². The summed E-state index contributed by atoms with van der Waals surface area (Å²) in [4.78, 5) is 2.25. The van der Waals surface area contributed by atoms with Crippen molar-refractivity contribution in [2.24, 2.45) is 0 Å². The van der Waals surface area contributed by atoms with E-state index < -0.39 is 0 Å². The van der Waals surface area contributed by atoms with Gasteiger partial charge in [0, 0.05) is 31.7 Å². The van der Waals surface area contributed by atoms with Gasteiger partial charge in [0.25, 0.3) is 0 Å². The highest BCUT2D eigenvalue weighted by molar-refractivity contribution is 7.10. The average Bonchev–Trinajstić information content (AvgIpc) is 3.10. The molecular weight excluding hydrogens is 314 g/mol. The largest absolute Gasteiger partial charge is 0.462 e. The topological polar surface area (TPSA) is 60.6 Å². The van der Waals surface area contributed by atoms with Gasteiger partial charge in [-0.1, -0.05) is 16.1 Å². The van der Waals surface area contributed by atoms with E-state index in [0.29, 0.717) is 30.7 Å². The van der Waals surface area contributed by atoms with E-state index in [4.69, 9.17) is 25.5 Å². The molecule has 0 spiro atoms. The van der Waals surface area contributed by atoms with Crippen LogP contribution in [0.1, 0.15) is 23.3 Å². The molecule has 0 saturated carbocycles. The van der Waals surface area contributed by atoms with Crippen molar-refractivity contribution in [2.45, 2.75) is 19.2 Å². The first-order chi connectivity index (χ1) is 10.3. The fraction of sp³-hybridized carbons (Fsp3) is 0.538. The lowest BCUT2D eigenvalue weighted by Crippen LogP contribution is -2.39. The number of hydrogen-bond acceptors (Lipinski definition) is 7. The van der Waals surface area contributed by atoms with Gasteiger partial charge >= 0.3 is 0 Å². The number of halogens is 1. The predicted molar refractivity (Wildman–Crippen MR) is 78.3 cm³/mol. The Morgan fingerprint density at radius 1 is 1.52 bits per heavy atom. The van der Waals surface area contributed by atoms with Crippen LogP contribution >= 0.6 is 23.1 Å². The normalized spacial score (nSPS) is 20.0. The summed E-state index contributed by atoms with van der Waals surface area (Å²) in [6.07, 6.45) is 0. The molecule has 2 aromatic rings. The Balaban J connectivity index is 1.75. The fourth-order valence-electron chi connectivity index (χ4n) is 2.37. The molecule has 1 aliphatic heterocycles. The highest BCUT2D eigenvalue weighted by atomic mass is 35.5. The van der Waals surface area contributed by atoms with E-state index in [1.165, 1.54) is 11.5 Å². The molecule has 0 aromatic carbocycles. The van der Waals surface area contributed by atoms with Crippen molar-refractivity contribution in [2.75, 3.05) is 26.9 Å². The molecule has 2 aromatic heterocycles. The van der Waals surface area contributed by atoms with E-state index in [1.54, 1.807) is 7.11 Å². The molecule has 21 heavy (non-hydrogen) atoms. The first-order valence-corrected chi connectivity index (χ1v) is 7.79. The Bertz CT molecular complexity index is 589. The maximum absolute atomic E-state index is 6.09. The van der Waals surface area contributed by atoms with Gasteiger partial charge in [-0.2, -0.15) is 0 Å². The first-order valence-electron chi connectivity index (χ1n) is 6.64. The standard InChI is InChI=1S/C13H16ClN3O3S/c1-18-7-9-2-3-12(20-9)11-8-19-5-4-17(11)6-10-13(14)21-16-15-10/h2-3,11H,4-8H2,1H3. The Hall–Kier alpha value is -0.990. The number of aromatic nitrogens is 2. The molecule has 0 N–H and O–H groups in total. The van der Waals surface area contributed by atoms with E-state index in [-0.39, 0.29) is 6.04 Å². The van der Waals surface area contributed by atoms with Gasteiger partial charge in [0.05, 0.1) is 19.3 Å². The molecule has 1 atom stereocenters. The van der Waals surface area contributed by atoms with E-state index in [2.05, 4.69) is 14.5 Å². The molecule has 3 heterocycles. The number of nitrogens with zero attached hydrogens (tertiary/aromatic N) is 3. The van der Waals surface area contributed by atoms with Crippen molar-refractivity contribution in [3.05, 3.63) is 33.7 Å². The quantitative estimate of drug-likeness (QED) is 0.840. The van der Waals surface area contributed by atoms with E-state index in [9.17, 15) is 0 Å². The maximum atomic E-state index is 6.09. The second-order valence-corrected chi connectivity index (χ2v) is 6.15. The molecule has 8 heteroatoms. The molecule has 6 nitrogen and oxygen atoms in total. The number of rotatable bonds is 5. The molecular formula is C13H16ClN3O3S. The molecule has 0 aliphatic carbocycles. The van der Waals surface area contributed by atoms with Crippen molar-refractivity contribution in [3.8, 4) is 0 Å². The Kier molecular flexibility index (Phi) is 4.87. The second-order valence-electron chi connectivity index (χ2n) is 4.79. The summed E-state index contributed by atoms with van der Waals surface area (Å²) >= 11 is 7.30. The van der Waals surface area contributed by atoms with Gasteiger partial charge in [-0.25, -0.2) is 0 Å². The van der Waals surface area contributed by atoms with Crippen LogP contribution in [0, 0.1) is 0 Å². The molecule has 0 radical (unpaired) electrons. The van der Waals surface area contributed by atoms with Crippen LogP contribution in [-0.2, 0) is 22.6 Å². The summed E-state index contributed by atoms with van der Waals surface area (Å²) < 4.78 is 21.0. The van der Waals surface area contributed by atoms with Crippen LogP contribution in [0.2, 0.25) is 4.34 Å². The van der Waals surface area contributed by atoms with Crippen LogP contribution in [0.4, 0.5) is 0 Å². The molecule has 114 valence electrons. The minimum atomic E-state index is 0.0575. The van der Waals surface area contributed by atoms with E-state index in [1.807, 2.05) is 12.1 Å². The highest BCUT2D eigenvalue weighted by Gasteiger charge is 2.28. The minimum Gasteiger partial charge on any atom is -0.462 e. The summed E-state index contributed by atoms with van der Waals surface area (Å²) in [7, 11) is 1.65. The number of hydrogen-bond donors (Lipinski definition) is 0.